The van der Waals surface area contributed by atoms with Gasteiger partial charge < -0.3 is 10.6 Å². The van der Waals surface area contributed by atoms with Crippen molar-refractivity contribution in [2.75, 3.05) is 13.1 Å². The van der Waals surface area contributed by atoms with E-state index in [9.17, 15) is 9.18 Å². The summed E-state index contributed by atoms with van der Waals surface area (Å²) in [5, 5.41) is 6.36. The molecule has 0 radical (unpaired) electrons. The van der Waals surface area contributed by atoms with E-state index in [-0.39, 0.29) is 29.5 Å². The summed E-state index contributed by atoms with van der Waals surface area (Å²) in [6.45, 7) is 1.65. The van der Waals surface area contributed by atoms with E-state index in [2.05, 4.69) is 10.6 Å². The van der Waals surface area contributed by atoms with Crippen LogP contribution in [0.2, 0.25) is 0 Å². The normalized spacial score (nSPS) is 22.4. The Kier molecular flexibility index (Phi) is 5.22. The Labute approximate surface area is 131 Å². The van der Waals surface area contributed by atoms with Crippen LogP contribution >= 0.6 is 12.4 Å². The van der Waals surface area contributed by atoms with Gasteiger partial charge in [0, 0.05) is 24.4 Å². The Hall–Kier alpha value is -1.13. The van der Waals surface area contributed by atoms with E-state index in [4.69, 9.17) is 0 Å². The van der Waals surface area contributed by atoms with Crippen molar-refractivity contribution >= 4 is 18.3 Å². The van der Waals surface area contributed by atoms with Crippen molar-refractivity contribution in [2.45, 2.75) is 43.6 Å². The van der Waals surface area contributed by atoms with Crippen LogP contribution in [0.4, 0.5) is 4.39 Å². The molecule has 1 aliphatic heterocycles. The number of hydrogen-bond donors (Lipinski definition) is 2. The number of nitrogens with one attached hydrogen (secondary N) is 2. The van der Waals surface area contributed by atoms with Crippen LogP contribution in [-0.2, 0) is 10.2 Å². The van der Waals surface area contributed by atoms with E-state index >= 15 is 0 Å². The van der Waals surface area contributed by atoms with Crippen molar-refractivity contribution in [3.8, 4) is 0 Å². The molecule has 0 spiro atoms. The van der Waals surface area contributed by atoms with Crippen LogP contribution in [0.1, 0.15) is 37.7 Å². The molecule has 2 aliphatic rings. The fourth-order valence-corrected chi connectivity index (χ4v) is 3.03. The minimum Gasteiger partial charge on any atom is -0.355 e. The number of carbonyl (C=O) groups excluding carboxylic acids is 1. The number of benzene rings is 1. The highest BCUT2D eigenvalue weighted by Gasteiger charge is 2.44. The topological polar surface area (TPSA) is 41.1 Å². The maximum absolute atomic E-state index is 13.3. The minimum absolute atomic E-state index is 0. The number of rotatable bonds is 5. The first kappa shape index (κ1) is 16.2. The van der Waals surface area contributed by atoms with Crippen LogP contribution in [0.15, 0.2) is 24.3 Å². The average molecular weight is 313 g/mol. The standard InChI is InChI=1S/C16H21FN2O.ClH/c17-13-4-1-3-12(9-13)16(6-7-16)11-19-15(20)10-14-5-2-8-18-14;/h1,3-4,9,14,18H,2,5-8,10-11H2,(H,19,20);1H. The summed E-state index contributed by atoms with van der Waals surface area (Å²) in [4.78, 5) is 11.9. The molecular formula is C16H22ClFN2O. The summed E-state index contributed by atoms with van der Waals surface area (Å²) in [5.41, 5.74) is 0.984. The third-order valence-corrected chi connectivity index (χ3v) is 4.51. The molecule has 1 aromatic rings. The predicted molar refractivity (Wildman–Crippen MR) is 83.2 cm³/mol. The van der Waals surface area contributed by atoms with Crippen molar-refractivity contribution in [3.63, 3.8) is 0 Å². The smallest absolute Gasteiger partial charge is 0.221 e. The van der Waals surface area contributed by atoms with Crippen molar-refractivity contribution in [1.82, 2.24) is 10.6 Å². The van der Waals surface area contributed by atoms with Gasteiger partial charge in [0.25, 0.3) is 0 Å². The summed E-state index contributed by atoms with van der Waals surface area (Å²) < 4.78 is 13.3. The van der Waals surface area contributed by atoms with Crippen LogP contribution in [-0.4, -0.2) is 25.0 Å². The number of hydrogen-bond acceptors (Lipinski definition) is 2. The lowest BCUT2D eigenvalue weighted by molar-refractivity contribution is -0.121. The molecule has 1 heterocycles. The Morgan fingerprint density at radius 3 is 2.86 bits per heavy atom. The van der Waals surface area contributed by atoms with Gasteiger partial charge in [0.05, 0.1) is 0 Å². The molecule has 1 saturated carbocycles. The van der Waals surface area contributed by atoms with Gasteiger partial charge >= 0.3 is 0 Å². The molecule has 3 rings (SSSR count). The Morgan fingerprint density at radius 1 is 1.43 bits per heavy atom. The Bertz CT molecular complexity index is 499. The minimum atomic E-state index is -0.199. The lowest BCUT2D eigenvalue weighted by Gasteiger charge is -2.18. The first-order valence-electron chi connectivity index (χ1n) is 7.44. The molecule has 2 fully saturated rings. The van der Waals surface area contributed by atoms with Gasteiger partial charge in [-0.05, 0) is 49.9 Å². The predicted octanol–water partition coefficient (Wildman–Crippen LogP) is 2.54. The molecule has 1 amide bonds. The van der Waals surface area contributed by atoms with Crippen LogP contribution < -0.4 is 10.6 Å². The molecule has 116 valence electrons. The molecule has 1 aromatic carbocycles. The van der Waals surface area contributed by atoms with Gasteiger partial charge in [0.15, 0.2) is 0 Å². The Morgan fingerprint density at radius 2 is 2.24 bits per heavy atom. The molecule has 0 aromatic heterocycles. The van der Waals surface area contributed by atoms with E-state index in [0.717, 1.165) is 37.8 Å². The largest absolute Gasteiger partial charge is 0.355 e. The van der Waals surface area contributed by atoms with E-state index < -0.39 is 0 Å². The fraction of sp³-hybridized carbons (Fsp3) is 0.562. The summed E-state index contributed by atoms with van der Waals surface area (Å²) in [6.07, 6.45) is 4.85. The quantitative estimate of drug-likeness (QED) is 0.877. The first-order chi connectivity index (χ1) is 9.68. The highest BCUT2D eigenvalue weighted by Crippen LogP contribution is 2.47. The monoisotopic (exact) mass is 312 g/mol. The zero-order chi connectivity index (χ0) is 14.0. The van der Waals surface area contributed by atoms with Crippen molar-refractivity contribution in [2.24, 2.45) is 0 Å². The molecule has 0 bridgehead atoms. The third-order valence-electron chi connectivity index (χ3n) is 4.51. The first-order valence-corrected chi connectivity index (χ1v) is 7.44. The van der Waals surface area contributed by atoms with Gasteiger partial charge in [-0.3, -0.25) is 4.79 Å². The van der Waals surface area contributed by atoms with Crippen LogP contribution in [0.3, 0.4) is 0 Å². The maximum atomic E-state index is 13.3. The molecule has 1 unspecified atom stereocenters. The van der Waals surface area contributed by atoms with Gasteiger partial charge in [0.2, 0.25) is 5.91 Å². The SMILES string of the molecule is Cl.O=C(CC1CCCN1)NCC1(c2cccc(F)c2)CC1. The summed E-state index contributed by atoms with van der Waals surface area (Å²) in [5.74, 6) is -0.0951. The number of amides is 1. The lowest BCUT2D eigenvalue weighted by Crippen LogP contribution is -2.36. The molecule has 1 aliphatic carbocycles. The molecule has 3 nitrogen and oxygen atoms in total. The summed E-state index contributed by atoms with van der Waals surface area (Å²) in [7, 11) is 0. The van der Waals surface area contributed by atoms with E-state index in [1.165, 1.54) is 6.07 Å². The molecule has 2 N–H and O–H groups in total. The second-order valence-corrected chi connectivity index (χ2v) is 6.06. The highest BCUT2D eigenvalue weighted by atomic mass is 35.5. The molecular weight excluding hydrogens is 291 g/mol. The van der Waals surface area contributed by atoms with E-state index in [1.54, 1.807) is 12.1 Å². The zero-order valence-electron chi connectivity index (χ0n) is 12.0. The van der Waals surface area contributed by atoms with Crippen molar-refractivity contribution < 1.29 is 9.18 Å². The second kappa shape index (κ2) is 6.75. The fourth-order valence-electron chi connectivity index (χ4n) is 3.03. The average Bonchev–Trinajstić information content (AvgIpc) is 3.07. The molecule has 1 saturated heterocycles. The van der Waals surface area contributed by atoms with Gasteiger partial charge in [-0.25, -0.2) is 4.39 Å². The highest BCUT2D eigenvalue weighted by molar-refractivity contribution is 5.85. The molecule has 21 heavy (non-hydrogen) atoms. The van der Waals surface area contributed by atoms with Crippen LogP contribution in [0.25, 0.3) is 0 Å². The van der Waals surface area contributed by atoms with E-state index in [0.29, 0.717) is 19.0 Å². The number of halogens is 2. The van der Waals surface area contributed by atoms with E-state index in [1.807, 2.05) is 6.07 Å². The number of carbonyl (C=O) groups is 1. The van der Waals surface area contributed by atoms with Gasteiger partial charge in [-0.2, -0.15) is 0 Å². The van der Waals surface area contributed by atoms with Crippen LogP contribution in [0, 0.1) is 5.82 Å². The van der Waals surface area contributed by atoms with Gasteiger partial charge in [-0.1, -0.05) is 12.1 Å². The summed E-state index contributed by atoms with van der Waals surface area (Å²) >= 11 is 0. The third kappa shape index (κ3) is 3.95. The molecule has 1 atom stereocenters. The Balaban J connectivity index is 0.00000161. The van der Waals surface area contributed by atoms with Gasteiger partial charge in [0.1, 0.15) is 5.82 Å². The van der Waals surface area contributed by atoms with Crippen molar-refractivity contribution in [1.29, 1.82) is 0 Å². The lowest BCUT2D eigenvalue weighted by atomic mass is 9.95. The summed E-state index contributed by atoms with van der Waals surface area (Å²) in [6, 6.07) is 7.09. The second-order valence-electron chi connectivity index (χ2n) is 6.06. The van der Waals surface area contributed by atoms with Crippen molar-refractivity contribution in [3.05, 3.63) is 35.6 Å². The maximum Gasteiger partial charge on any atom is 0.221 e. The van der Waals surface area contributed by atoms with Crippen LogP contribution in [0.5, 0.6) is 0 Å². The zero-order valence-corrected chi connectivity index (χ0v) is 12.8. The van der Waals surface area contributed by atoms with Gasteiger partial charge in [-0.15, -0.1) is 12.4 Å². The molecule has 5 heteroatoms.